The average Bonchev–Trinajstić information content (AvgIpc) is 3.00. The summed E-state index contributed by atoms with van der Waals surface area (Å²) in [5, 5.41) is 15.2. The maximum Gasteiger partial charge on any atom is 0.234 e. The molecule has 1 N–H and O–H groups in total. The molecule has 0 aliphatic rings. The molecule has 1 aromatic heterocycles. The summed E-state index contributed by atoms with van der Waals surface area (Å²) in [6.45, 7) is 12.7. The summed E-state index contributed by atoms with van der Waals surface area (Å²) in [5.41, 5.74) is 3.24. The summed E-state index contributed by atoms with van der Waals surface area (Å²) in [6.07, 6.45) is 1.72. The molecular formula is C18H25N5OS. The van der Waals surface area contributed by atoms with E-state index in [1.54, 1.807) is 10.8 Å². The van der Waals surface area contributed by atoms with Gasteiger partial charge >= 0.3 is 0 Å². The lowest BCUT2D eigenvalue weighted by atomic mass is 9.92. The van der Waals surface area contributed by atoms with Crippen molar-refractivity contribution in [2.45, 2.75) is 51.2 Å². The zero-order valence-electron chi connectivity index (χ0n) is 15.2. The van der Waals surface area contributed by atoms with Crippen LogP contribution in [-0.4, -0.2) is 31.9 Å². The lowest BCUT2D eigenvalue weighted by Gasteiger charge is -2.20. The molecule has 1 aromatic carbocycles. The van der Waals surface area contributed by atoms with Crippen LogP contribution < -0.4 is 5.32 Å². The van der Waals surface area contributed by atoms with Gasteiger partial charge in [-0.25, -0.2) is 4.68 Å². The minimum Gasteiger partial charge on any atom is -0.325 e. The summed E-state index contributed by atoms with van der Waals surface area (Å²) in [4.78, 5) is 12.5. The Labute approximate surface area is 153 Å². The Morgan fingerprint density at radius 2 is 1.92 bits per heavy atom. The number of carbonyl (C=O) groups is 1. The Hall–Kier alpha value is -2.15. The second-order valence-corrected chi connectivity index (χ2v) is 7.33. The van der Waals surface area contributed by atoms with Gasteiger partial charge < -0.3 is 5.32 Å². The molecule has 7 heteroatoms. The topological polar surface area (TPSA) is 72.7 Å². The van der Waals surface area contributed by atoms with Gasteiger partial charge in [0.05, 0.1) is 12.3 Å². The van der Waals surface area contributed by atoms with Crippen molar-refractivity contribution in [1.82, 2.24) is 20.2 Å². The first kappa shape index (κ1) is 19.2. The highest BCUT2D eigenvalue weighted by Gasteiger charge is 2.16. The number of tetrazole rings is 1. The van der Waals surface area contributed by atoms with Crippen LogP contribution in [0.3, 0.4) is 0 Å². The van der Waals surface area contributed by atoms with Crippen LogP contribution in [0, 0.1) is 0 Å². The molecule has 0 spiro atoms. The summed E-state index contributed by atoms with van der Waals surface area (Å²) in [6, 6.07) is 6.20. The molecular weight excluding hydrogens is 334 g/mol. The minimum absolute atomic E-state index is 0.0619. The maximum atomic E-state index is 12.5. The fourth-order valence-corrected chi connectivity index (χ4v) is 3.22. The molecule has 6 nitrogen and oxygen atoms in total. The Morgan fingerprint density at radius 1 is 1.28 bits per heavy atom. The normalized spacial score (nSPS) is 11.1. The number of hydrogen-bond donors (Lipinski definition) is 1. The van der Waals surface area contributed by atoms with E-state index in [2.05, 4.69) is 73.3 Å². The fraction of sp³-hybridized carbons (Fsp3) is 0.444. The number of anilines is 1. The highest BCUT2D eigenvalue weighted by atomic mass is 32.2. The van der Waals surface area contributed by atoms with Crippen LogP contribution in [0.2, 0.25) is 0 Å². The van der Waals surface area contributed by atoms with E-state index in [9.17, 15) is 4.79 Å². The third kappa shape index (κ3) is 4.92. The van der Waals surface area contributed by atoms with E-state index >= 15 is 0 Å². The van der Waals surface area contributed by atoms with E-state index in [4.69, 9.17) is 0 Å². The van der Waals surface area contributed by atoms with E-state index in [1.807, 2.05) is 0 Å². The molecule has 0 fully saturated rings. The number of nitrogens with one attached hydrogen (secondary N) is 1. The number of benzene rings is 1. The first-order valence-electron chi connectivity index (χ1n) is 8.36. The van der Waals surface area contributed by atoms with Crippen molar-refractivity contribution in [3.63, 3.8) is 0 Å². The van der Waals surface area contributed by atoms with Gasteiger partial charge in [-0.3, -0.25) is 4.79 Å². The number of amides is 1. The molecule has 25 heavy (non-hydrogen) atoms. The van der Waals surface area contributed by atoms with Crippen molar-refractivity contribution in [1.29, 1.82) is 0 Å². The van der Waals surface area contributed by atoms with E-state index < -0.39 is 0 Å². The number of thioether (sulfide) groups is 1. The molecule has 2 aromatic rings. The lowest BCUT2D eigenvalue weighted by molar-refractivity contribution is -0.113. The number of para-hydroxylation sites is 1. The molecule has 1 amide bonds. The Kier molecular flexibility index (Phi) is 6.75. The summed E-state index contributed by atoms with van der Waals surface area (Å²) in [5.74, 6) is 0.859. The van der Waals surface area contributed by atoms with Gasteiger partial charge in [-0.2, -0.15) is 0 Å². The van der Waals surface area contributed by atoms with Gasteiger partial charge in [0, 0.05) is 5.69 Å². The van der Waals surface area contributed by atoms with Gasteiger partial charge in [-0.1, -0.05) is 63.7 Å². The zero-order valence-corrected chi connectivity index (χ0v) is 16.0. The van der Waals surface area contributed by atoms with Crippen molar-refractivity contribution in [3.8, 4) is 0 Å². The molecule has 134 valence electrons. The summed E-state index contributed by atoms with van der Waals surface area (Å²) < 4.78 is 1.62. The number of nitrogens with zero attached hydrogens (tertiary/aromatic N) is 4. The second kappa shape index (κ2) is 8.80. The van der Waals surface area contributed by atoms with Gasteiger partial charge in [0.2, 0.25) is 11.1 Å². The summed E-state index contributed by atoms with van der Waals surface area (Å²) >= 11 is 1.32. The standard InChI is InChI=1S/C18H25N5OS/c1-6-10-23-18(20-21-22-23)25-11-16(24)19-17-14(12(2)3)8-7-9-15(17)13(4)5/h6-9,12-13H,1,10-11H2,2-5H3,(H,19,24). The smallest absolute Gasteiger partial charge is 0.234 e. The predicted octanol–water partition coefficient (Wildman–Crippen LogP) is 3.84. The monoisotopic (exact) mass is 359 g/mol. The number of hydrogen-bond acceptors (Lipinski definition) is 5. The Balaban J connectivity index is 2.12. The summed E-state index contributed by atoms with van der Waals surface area (Å²) in [7, 11) is 0. The van der Waals surface area contributed by atoms with Crippen molar-refractivity contribution in [2.75, 3.05) is 11.1 Å². The largest absolute Gasteiger partial charge is 0.325 e. The molecule has 0 unspecified atom stereocenters. The molecule has 0 aliphatic heterocycles. The average molecular weight is 359 g/mol. The molecule has 0 atom stereocenters. The van der Waals surface area contributed by atoms with Crippen molar-refractivity contribution >= 4 is 23.4 Å². The van der Waals surface area contributed by atoms with Crippen molar-refractivity contribution in [2.24, 2.45) is 0 Å². The van der Waals surface area contributed by atoms with E-state index in [0.29, 0.717) is 23.5 Å². The maximum absolute atomic E-state index is 12.5. The zero-order chi connectivity index (χ0) is 18.4. The molecule has 0 saturated carbocycles. The fourth-order valence-electron chi connectivity index (χ4n) is 2.54. The highest BCUT2D eigenvalue weighted by molar-refractivity contribution is 7.99. The van der Waals surface area contributed by atoms with Crippen LogP contribution in [0.5, 0.6) is 0 Å². The van der Waals surface area contributed by atoms with Gasteiger partial charge in [0.25, 0.3) is 0 Å². The van der Waals surface area contributed by atoms with Crippen LogP contribution in [-0.2, 0) is 11.3 Å². The first-order chi connectivity index (χ1) is 11.9. The molecule has 0 radical (unpaired) electrons. The van der Waals surface area contributed by atoms with Gasteiger partial charge in [0.1, 0.15) is 0 Å². The quantitative estimate of drug-likeness (QED) is 0.573. The number of rotatable bonds is 8. The Bertz CT molecular complexity index is 713. The van der Waals surface area contributed by atoms with Gasteiger partial charge in [-0.05, 0) is 33.4 Å². The van der Waals surface area contributed by atoms with Crippen LogP contribution in [0.4, 0.5) is 5.69 Å². The van der Waals surface area contributed by atoms with Crippen molar-refractivity contribution in [3.05, 3.63) is 42.0 Å². The van der Waals surface area contributed by atoms with E-state index in [0.717, 1.165) is 16.8 Å². The SMILES string of the molecule is C=CCn1nnnc1SCC(=O)Nc1c(C(C)C)cccc1C(C)C. The van der Waals surface area contributed by atoms with Crippen LogP contribution in [0.1, 0.15) is 50.7 Å². The van der Waals surface area contributed by atoms with Crippen LogP contribution in [0.15, 0.2) is 36.0 Å². The third-order valence-electron chi connectivity index (χ3n) is 3.77. The lowest BCUT2D eigenvalue weighted by Crippen LogP contribution is -2.18. The molecule has 0 aliphatic carbocycles. The van der Waals surface area contributed by atoms with Crippen LogP contribution >= 0.6 is 11.8 Å². The number of carbonyl (C=O) groups excluding carboxylic acids is 1. The third-order valence-corrected chi connectivity index (χ3v) is 4.73. The van der Waals surface area contributed by atoms with Crippen LogP contribution in [0.25, 0.3) is 0 Å². The van der Waals surface area contributed by atoms with E-state index in [1.165, 1.54) is 11.8 Å². The molecule has 0 bridgehead atoms. The highest BCUT2D eigenvalue weighted by Crippen LogP contribution is 2.32. The predicted molar refractivity (Wildman–Crippen MR) is 102 cm³/mol. The molecule has 1 heterocycles. The molecule has 2 rings (SSSR count). The first-order valence-corrected chi connectivity index (χ1v) is 9.35. The van der Waals surface area contributed by atoms with E-state index in [-0.39, 0.29) is 11.7 Å². The second-order valence-electron chi connectivity index (χ2n) is 6.39. The minimum atomic E-state index is -0.0619. The Morgan fingerprint density at radius 3 is 2.48 bits per heavy atom. The molecule has 0 saturated heterocycles. The number of allylic oxidation sites excluding steroid dienone is 1. The van der Waals surface area contributed by atoms with Gasteiger partial charge in [-0.15, -0.1) is 11.7 Å². The van der Waals surface area contributed by atoms with Gasteiger partial charge in [0.15, 0.2) is 0 Å². The number of aromatic nitrogens is 4. The van der Waals surface area contributed by atoms with Crippen molar-refractivity contribution < 1.29 is 4.79 Å².